The molecule has 0 aliphatic carbocycles. The summed E-state index contributed by atoms with van der Waals surface area (Å²) in [6.45, 7) is 0. The van der Waals surface area contributed by atoms with Gasteiger partial charge in [0.15, 0.2) is 0 Å². The van der Waals surface area contributed by atoms with E-state index >= 15 is 0 Å². The number of hydrogen-bond acceptors (Lipinski definition) is 2. The van der Waals surface area contributed by atoms with Gasteiger partial charge in [0.25, 0.3) is 5.91 Å². The molecular weight excluding hydrogens is 243 g/mol. The van der Waals surface area contributed by atoms with Crippen LogP contribution >= 0.6 is 27.5 Å². The Labute approximate surface area is 82.8 Å². The summed E-state index contributed by atoms with van der Waals surface area (Å²) in [5, 5.41) is 0.259. The van der Waals surface area contributed by atoms with Gasteiger partial charge in [-0.15, -0.1) is 0 Å². The molecule has 5 heteroatoms. The Kier molecular flexibility index (Phi) is 2.59. The van der Waals surface area contributed by atoms with Crippen LogP contribution in [0.3, 0.4) is 0 Å². The van der Waals surface area contributed by atoms with Crippen LogP contribution < -0.4 is 11.5 Å². The van der Waals surface area contributed by atoms with Crippen LogP contribution in [0.2, 0.25) is 5.02 Å². The molecular formula is C7H6BrClN2O. The molecule has 0 spiro atoms. The maximum atomic E-state index is 10.8. The zero-order chi connectivity index (χ0) is 9.30. The number of amides is 1. The SMILES string of the molecule is NC(=O)c1c(N)cc(Br)cc1Cl. The zero-order valence-corrected chi connectivity index (χ0v) is 8.32. The molecule has 0 saturated heterocycles. The number of halogens is 2. The van der Waals surface area contributed by atoms with Gasteiger partial charge >= 0.3 is 0 Å². The van der Waals surface area contributed by atoms with Gasteiger partial charge in [0.2, 0.25) is 0 Å². The molecule has 12 heavy (non-hydrogen) atoms. The minimum absolute atomic E-state index is 0.167. The molecule has 64 valence electrons. The number of carbonyl (C=O) groups excluding carboxylic acids is 1. The molecule has 0 radical (unpaired) electrons. The lowest BCUT2D eigenvalue weighted by molar-refractivity contribution is 0.100. The molecule has 4 N–H and O–H groups in total. The third-order valence-corrected chi connectivity index (χ3v) is 2.09. The minimum atomic E-state index is -0.620. The van der Waals surface area contributed by atoms with Crippen molar-refractivity contribution in [2.45, 2.75) is 0 Å². The Bertz CT molecular complexity index is 317. The summed E-state index contributed by atoms with van der Waals surface area (Å²) in [6, 6.07) is 3.14. The number of carbonyl (C=O) groups is 1. The van der Waals surface area contributed by atoms with Crippen molar-refractivity contribution in [3.8, 4) is 0 Å². The lowest BCUT2D eigenvalue weighted by Crippen LogP contribution is -2.14. The second-order valence-electron chi connectivity index (χ2n) is 2.22. The van der Waals surface area contributed by atoms with Gasteiger partial charge in [-0.1, -0.05) is 27.5 Å². The third kappa shape index (κ3) is 1.70. The summed E-state index contributed by atoms with van der Waals surface area (Å²) >= 11 is 8.90. The lowest BCUT2D eigenvalue weighted by atomic mass is 10.2. The van der Waals surface area contributed by atoms with Crippen LogP contribution in [-0.4, -0.2) is 5.91 Å². The number of primary amides is 1. The highest BCUT2D eigenvalue weighted by atomic mass is 79.9. The molecule has 0 unspecified atom stereocenters. The molecule has 0 aliphatic rings. The van der Waals surface area contributed by atoms with Gasteiger partial charge in [-0.2, -0.15) is 0 Å². The van der Waals surface area contributed by atoms with Gasteiger partial charge in [-0.25, -0.2) is 0 Å². The summed E-state index contributed by atoms with van der Waals surface area (Å²) in [5.74, 6) is -0.620. The van der Waals surface area contributed by atoms with Gasteiger partial charge < -0.3 is 11.5 Å². The number of hydrogen-bond donors (Lipinski definition) is 2. The van der Waals surface area contributed by atoms with Gasteiger partial charge in [0.05, 0.1) is 10.6 Å². The van der Waals surface area contributed by atoms with Crippen LogP contribution in [0.1, 0.15) is 10.4 Å². The van der Waals surface area contributed by atoms with Crippen molar-refractivity contribution in [2.75, 3.05) is 5.73 Å². The molecule has 1 rings (SSSR count). The molecule has 0 heterocycles. The van der Waals surface area contributed by atoms with Crippen molar-refractivity contribution in [2.24, 2.45) is 5.73 Å². The smallest absolute Gasteiger partial charge is 0.252 e. The average molecular weight is 249 g/mol. The maximum Gasteiger partial charge on any atom is 0.252 e. The van der Waals surface area contributed by atoms with E-state index in [1.54, 1.807) is 12.1 Å². The van der Waals surface area contributed by atoms with Crippen molar-refractivity contribution in [1.29, 1.82) is 0 Å². The molecule has 1 aromatic rings. The number of rotatable bonds is 1. The molecule has 1 amide bonds. The summed E-state index contributed by atoms with van der Waals surface area (Å²) < 4.78 is 0.718. The Hall–Kier alpha value is -0.740. The van der Waals surface area contributed by atoms with Crippen molar-refractivity contribution in [3.05, 3.63) is 27.2 Å². The van der Waals surface area contributed by atoms with Gasteiger partial charge in [0, 0.05) is 10.2 Å². The largest absolute Gasteiger partial charge is 0.398 e. The number of nitrogens with two attached hydrogens (primary N) is 2. The summed E-state index contributed by atoms with van der Waals surface area (Å²) in [5.41, 5.74) is 11.0. The van der Waals surface area contributed by atoms with E-state index in [-0.39, 0.29) is 16.3 Å². The highest BCUT2D eigenvalue weighted by molar-refractivity contribution is 9.10. The number of nitrogen functional groups attached to an aromatic ring is 1. The Morgan fingerprint density at radius 1 is 1.50 bits per heavy atom. The van der Waals surface area contributed by atoms with Crippen LogP contribution in [0.5, 0.6) is 0 Å². The monoisotopic (exact) mass is 248 g/mol. The van der Waals surface area contributed by atoms with Gasteiger partial charge in [-0.3, -0.25) is 4.79 Å². The van der Waals surface area contributed by atoms with E-state index in [2.05, 4.69) is 15.9 Å². The predicted octanol–water partition coefficient (Wildman–Crippen LogP) is 1.78. The van der Waals surface area contributed by atoms with Crippen molar-refractivity contribution >= 4 is 39.1 Å². The summed E-state index contributed by atoms with van der Waals surface area (Å²) in [6.07, 6.45) is 0. The molecule has 0 saturated carbocycles. The van der Waals surface area contributed by atoms with Crippen LogP contribution in [0.25, 0.3) is 0 Å². The van der Waals surface area contributed by atoms with E-state index < -0.39 is 5.91 Å². The summed E-state index contributed by atoms with van der Waals surface area (Å²) in [4.78, 5) is 10.8. The highest BCUT2D eigenvalue weighted by Crippen LogP contribution is 2.26. The van der Waals surface area contributed by atoms with Crippen molar-refractivity contribution in [3.63, 3.8) is 0 Å². The fourth-order valence-electron chi connectivity index (χ4n) is 0.853. The van der Waals surface area contributed by atoms with Gasteiger partial charge in [0.1, 0.15) is 0 Å². The van der Waals surface area contributed by atoms with E-state index in [4.69, 9.17) is 23.1 Å². The topological polar surface area (TPSA) is 69.1 Å². The first-order chi connectivity index (χ1) is 5.52. The fraction of sp³-hybridized carbons (Fsp3) is 0. The highest BCUT2D eigenvalue weighted by Gasteiger charge is 2.11. The third-order valence-electron chi connectivity index (χ3n) is 1.33. The molecule has 0 fully saturated rings. The first kappa shape index (κ1) is 9.35. The summed E-state index contributed by atoms with van der Waals surface area (Å²) in [7, 11) is 0. The van der Waals surface area contributed by atoms with E-state index in [1.807, 2.05) is 0 Å². The second-order valence-corrected chi connectivity index (χ2v) is 3.54. The minimum Gasteiger partial charge on any atom is -0.398 e. The lowest BCUT2D eigenvalue weighted by Gasteiger charge is -2.04. The number of anilines is 1. The van der Waals surface area contributed by atoms with Crippen molar-refractivity contribution < 1.29 is 4.79 Å². The molecule has 0 atom stereocenters. The van der Waals surface area contributed by atoms with Gasteiger partial charge in [-0.05, 0) is 12.1 Å². The van der Waals surface area contributed by atoms with E-state index in [1.165, 1.54) is 0 Å². The van der Waals surface area contributed by atoms with Crippen LogP contribution in [0.15, 0.2) is 16.6 Å². The molecule has 0 bridgehead atoms. The van der Waals surface area contributed by atoms with Crippen LogP contribution in [0, 0.1) is 0 Å². The molecule has 0 aliphatic heterocycles. The molecule has 3 nitrogen and oxygen atoms in total. The van der Waals surface area contributed by atoms with Crippen LogP contribution in [-0.2, 0) is 0 Å². The molecule has 0 aromatic heterocycles. The van der Waals surface area contributed by atoms with E-state index in [0.717, 1.165) is 4.47 Å². The number of benzene rings is 1. The Balaban J connectivity index is 3.38. The first-order valence-corrected chi connectivity index (χ1v) is 4.24. The first-order valence-electron chi connectivity index (χ1n) is 3.06. The van der Waals surface area contributed by atoms with E-state index in [0.29, 0.717) is 0 Å². The Morgan fingerprint density at radius 2 is 2.08 bits per heavy atom. The second kappa shape index (κ2) is 3.33. The van der Waals surface area contributed by atoms with Crippen molar-refractivity contribution in [1.82, 2.24) is 0 Å². The fourth-order valence-corrected chi connectivity index (χ4v) is 1.78. The maximum absolute atomic E-state index is 10.8. The predicted molar refractivity (Wildman–Crippen MR) is 52.1 cm³/mol. The Morgan fingerprint density at radius 3 is 2.50 bits per heavy atom. The molecule has 1 aromatic carbocycles. The van der Waals surface area contributed by atoms with E-state index in [9.17, 15) is 4.79 Å². The normalized spacial score (nSPS) is 9.83. The quantitative estimate of drug-likeness (QED) is 0.745. The average Bonchev–Trinajstić information content (AvgIpc) is 1.82. The standard InChI is InChI=1S/C7H6BrClN2O/c8-3-1-4(9)6(7(11)12)5(10)2-3/h1-2H,10H2,(H2,11,12). The zero-order valence-electron chi connectivity index (χ0n) is 5.97. The van der Waals surface area contributed by atoms with Crippen LogP contribution in [0.4, 0.5) is 5.69 Å².